The number of amides is 1. The average Bonchev–Trinajstić information content (AvgIpc) is 3.53. The van der Waals surface area contributed by atoms with Crippen molar-refractivity contribution in [3.63, 3.8) is 0 Å². The number of nitrogens with one attached hydrogen (secondary N) is 2. The van der Waals surface area contributed by atoms with Gasteiger partial charge in [0.05, 0.1) is 39.6 Å². The second kappa shape index (κ2) is 14.5. The van der Waals surface area contributed by atoms with Crippen molar-refractivity contribution < 1.29 is 27.1 Å². The quantitative estimate of drug-likeness (QED) is 0.159. The lowest BCUT2D eigenvalue weighted by atomic mass is 9.93. The summed E-state index contributed by atoms with van der Waals surface area (Å²) in [5, 5.41) is 23.2. The molecule has 0 spiro atoms. The fourth-order valence-electron chi connectivity index (χ4n) is 6.33. The van der Waals surface area contributed by atoms with Gasteiger partial charge in [-0.05, 0) is 87.8 Å². The molecule has 0 unspecified atom stereocenters. The van der Waals surface area contributed by atoms with Crippen LogP contribution in [0.15, 0.2) is 42.5 Å². The molecule has 16 heteroatoms. The number of fused-ring (bicyclic) bond motifs is 2. The van der Waals surface area contributed by atoms with E-state index in [-0.39, 0.29) is 40.8 Å². The molecule has 0 radical (unpaired) electrons. The molecule has 3 heterocycles. The van der Waals surface area contributed by atoms with Gasteiger partial charge >= 0.3 is 0 Å². The monoisotopic (exact) mass is 769 g/mol. The van der Waals surface area contributed by atoms with E-state index in [1.807, 2.05) is 0 Å². The summed E-state index contributed by atoms with van der Waals surface area (Å²) >= 11 is 13.3. The summed E-state index contributed by atoms with van der Waals surface area (Å²) < 4.78 is 58.8. The molecule has 0 saturated carbocycles. The topological polar surface area (TPSA) is 144 Å². The van der Waals surface area contributed by atoms with Gasteiger partial charge in [0.2, 0.25) is 15.9 Å². The van der Waals surface area contributed by atoms with Crippen LogP contribution in [0.3, 0.4) is 0 Å². The number of hydrogen-bond acceptors (Lipinski definition) is 7. The van der Waals surface area contributed by atoms with E-state index in [0.29, 0.717) is 27.2 Å². The molecular weight excluding hydrogens is 735 g/mol. The number of carbonyl (C=O) groups excluding carboxylic acids is 1. The third kappa shape index (κ3) is 8.39. The van der Waals surface area contributed by atoms with Crippen LogP contribution < -0.4 is 10.0 Å². The Morgan fingerprint density at radius 1 is 1.06 bits per heavy atom. The van der Waals surface area contributed by atoms with Crippen LogP contribution in [0.1, 0.15) is 60.9 Å². The Balaban J connectivity index is 1.52. The van der Waals surface area contributed by atoms with Gasteiger partial charge in [-0.25, -0.2) is 26.9 Å². The van der Waals surface area contributed by atoms with E-state index in [9.17, 15) is 27.1 Å². The Labute approximate surface area is 309 Å². The zero-order chi connectivity index (χ0) is 37.5. The van der Waals surface area contributed by atoms with Gasteiger partial charge in [-0.3, -0.25) is 14.2 Å². The maximum absolute atomic E-state index is 14.5. The van der Waals surface area contributed by atoms with Crippen LogP contribution in [0.25, 0.3) is 22.0 Å². The lowest BCUT2D eigenvalue weighted by Gasteiger charge is -2.23. The Hall–Kier alpha value is -4.55. The van der Waals surface area contributed by atoms with E-state index < -0.39 is 39.2 Å². The lowest BCUT2D eigenvalue weighted by Crippen LogP contribution is -2.34. The third-order valence-corrected chi connectivity index (χ3v) is 9.71. The van der Waals surface area contributed by atoms with Crippen LogP contribution in [-0.2, 0) is 47.7 Å². The number of pyridine rings is 1. The number of benzene rings is 2. The molecule has 0 bridgehead atoms. The second-order valence-corrected chi connectivity index (χ2v) is 15.8. The number of aryl methyl sites for hydroxylation is 2. The Bertz CT molecular complexity index is 2370. The Morgan fingerprint density at radius 2 is 1.75 bits per heavy atom. The first-order chi connectivity index (χ1) is 24.5. The van der Waals surface area contributed by atoms with Gasteiger partial charge in [0.25, 0.3) is 0 Å². The molecule has 1 aliphatic rings. The fraction of sp³-hybridized carbons (Fsp3) is 0.333. The third-order valence-electron chi connectivity index (χ3n) is 8.41. The van der Waals surface area contributed by atoms with E-state index in [1.165, 1.54) is 35.3 Å². The molecule has 5 aromatic rings. The van der Waals surface area contributed by atoms with Crippen molar-refractivity contribution in [2.24, 2.45) is 7.05 Å². The maximum Gasteiger partial charge on any atom is 0.242 e. The van der Waals surface area contributed by atoms with Crippen molar-refractivity contribution in [2.75, 3.05) is 11.0 Å². The molecule has 2 aromatic carbocycles. The van der Waals surface area contributed by atoms with Crippen molar-refractivity contribution in [3.8, 4) is 23.0 Å². The molecule has 1 amide bonds. The van der Waals surface area contributed by atoms with E-state index in [2.05, 4.69) is 32.1 Å². The highest BCUT2D eigenvalue weighted by Gasteiger charge is 2.27. The minimum absolute atomic E-state index is 0.00732. The summed E-state index contributed by atoms with van der Waals surface area (Å²) in [6.07, 6.45) is 4.36. The number of aromatic nitrogens is 5. The number of halogens is 4. The largest absolute Gasteiger partial charge is 0.378 e. The van der Waals surface area contributed by atoms with Crippen LogP contribution in [-0.4, -0.2) is 55.8 Å². The predicted octanol–water partition coefficient (Wildman–Crippen LogP) is 5.89. The molecule has 52 heavy (non-hydrogen) atoms. The number of hydrogen-bond donors (Lipinski definition) is 3. The molecule has 1 atom stereocenters. The van der Waals surface area contributed by atoms with E-state index in [0.717, 1.165) is 49.3 Å². The van der Waals surface area contributed by atoms with Gasteiger partial charge in [0.15, 0.2) is 5.82 Å². The summed E-state index contributed by atoms with van der Waals surface area (Å²) in [5.41, 5.74) is 2.55. The molecule has 272 valence electrons. The molecular formula is C36H35Cl2F2N7O4S. The average molecular weight is 771 g/mol. The maximum atomic E-state index is 14.5. The summed E-state index contributed by atoms with van der Waals surface area (Å²) in [4.78, 5) is 18.7. The Kier molecular flexibility index (Phi) is 10.4. The van der Waals surface area contributed by atoms with E-state index >= 15 is 0 Å². The molecule has 6 rings (SSSR count). The van der Waals surface area contributed by atoms with Crippen LogP contribution in [0.5, 0.6) is 0 Å². The number of anilines is 1. The van der Waals surface area contributed by atoms with Gasteiger partial charge in [-0.2, -0.15) is 10.2 Å². The van der Waals surface area contributed by atoms with Gasteiger partial charge in [-0.15, -0.1) is 0 Å². The minimum Gasteiger partial charge on any atom is -0.378 e. The van der Waals surface area contributed by atoms with Gasteiger partial charge in [-0.1, -0.05) is 35.2 Å². The van der Waals surface area contributed by atoms with Gasteiger partial charge < -0.3 is 10.4 Å². The smallest absolute Gasteiger partial charge is 0.242 e. The Morgan fingerprint density at radius 3 is 2.42 bits per heavy atom. The lowest BCUT2D eigenvalue weighted by molar-refractivity contribution is -0.122. The van der Waals surface area contributed by atoms with Gasteiger partial charge in [0.1, 0.15) is 34.6 Å². The van der Waals surface area contributed by atoms with Crippen LogP contribution in [0.4, 0.5) is 14.6 Å². The van der Waals surface area contributed by atoms with Crippen molar-refractivity contribution in [1.82, 2.24) is 29.9 Å². The van der Waals surface area contributed by atoms with E-state index in [4.69, 9.17) is 28.2 Å². The molecule has 0 saturated heterocycles. The number of rotatable bonds is 9. The molecule has 3 aromatic heterocycles. The van der Waals surface area contributed by atoms with Crippen molar-refractivity contribution >= 4 is 55.9 Å². The van der Waals surface area contributed by atoms with E-state index in [1.54, 1.807) is 31.3 Å². The SMILES string of the molecule is Cn1nc(NS(C)(=O)=O)c2c(Cl)ccc(-c3ccc(C#CC(C)(C)O)nc3[C@H](Cc3cc(F)cc(F)c3)NC(=O)Cn3nc4c(c3Cl)CCCC4)c21. The summed E-state index contributed by atoms with van der Waals surface area (Å²) in [5.74, 6) is 3.52. The van der Waals surface area contributed by atoms with Crippen molar-refractivity contribution in [1.29, 1.82) is 0 Å². The first-order valence-electron chi connectivity index (χ1n) is 16.3. The highest BCUT2D eigenvalue weighted by molar-refractivity contribution is 7.92. The van der Waals surface area contributed by atoms with Crippen molar-refractivity contribution in [3.05, 3.63) is 92.5 Å². The zero-order valence-electron chi connectivity index (χ0n) is 28.7. The van der Waals surface area contributed by atoms with Crippen LogP contribution in [0.2, 0.25) is 10.2 Å². The highest BCUT2D eigenvalue weighted by atomic mass is 35.5. The number of carbonyl (C=O) groups is 1. The number of nitrogens with zero attached hydrogens (tertiary/aromatic N) is 5. The summed E-state index contributed by atoms with van der Waals surface area (Å²) in [7, 11) is -2.12. The van der Waals surface area contributed by atoms with Crippen LogP contribution >= 0.6 is 23.2 Å². The van der Waals surface area contributed by atoms with Crippen LogP contribution in [0, 0.1) is 23.5 Å². The minimum atomic E-state index is -3.74. The fourth-order valence-corrected chi connectivity index (χ4v) is 7.36. The predicted molar refractivity (Wildman–Crippen MR) is 195 cm³/mol. The normalized spacial score (nSPS) is 13.7. The first-order valence-corrected chi connectivity index (χ1v) is 19.0. The molecule has 0 aliphatic heterocycles. The standard InChI is InChI=1S/C36H35Cl2F2N7O4S/c1-36(2,49)14-13-23-9-10-24(25-11-12-27(37)31-33(25)46(3)44-35(31)45-52(4,50)51)32(41-23)29(17-20-15-21(39)18-22(40)16-20)42-30(48)19-47-34(38)26-7-5-6-8-28(26)43-47/h9-12,15-16,18,29,49H,5-8,17,19H2,1-4H3,(H,42,48)(H,44,45)/t29-/m0/s1. The summed E-state index contributed by atoms with van der Waals surface area (Å²) in [6, 6.07) is 8.70. The number of sulfonamides is 1. The number of aliphatic hydroxyl groups is 1. The second-order valence-electron chi connectivity index (χ2n) is 13.3. The highest BCUT2D eigenvalue weighted by Crippen LogP contribution is 2.40. The first kappa shape index (κ1) is 37.2. The summed E-state index contributed by atoms with van der Waals surface area (Å²) in [6.45, 7) is 2.80. The molecule has 3 N–H and O–H groups in total. The molecule has 0 fully saturated rings. The zero-order valence-corrected chi connectivity index (χ0v) is 31.0. The van der Waals surface area contributed by atoms with Crippen molar-refractivity contribution in [2.45, 2.75) is 64.1 Å². The molecule has 11 nitrogen and oxygen atoms in total. The van der Waals surface area contributed by atoms with Gasteiger partial charge in [0, 0.05) is 29.8 Å². The molecule has 1 aliphatic carbocycles.